The molecule has 0 saturated carbocycles. The number of fused-ring (bicyclic) bond motifs is 1. The van der Waals surface area contributed by atoms with Crippen molar-refractivity contribution in [2.75, 3.05) is 5.32 Å². The highest BCUT2D eigenvalue weighted by molar-refractivity contribution is 6.01. The zero-order chi connectivity index (χ0) is 16.6. The van der Waals surface area contributed by atoms with Crippen LogP contribution in [0.25, 0.3) is 5.78 Å². The predicted octanol–water partition coefficient (Wildman–Crippen LogP) is 1.90. The van der Waals surface area contributed by atoms with Gasteiger partial charge in [0.2, 0.25) is 5.82 Å². The maximum atomic E-state index is 12.2. The topological polar surface area (TPSA) is 115 Å². The molecule has 0 spiro atoms. The van der Waals surface area contributed by atoms with Gasteiger partial charge in [0.15, 0.2) is 0 Å². The third kappa shape index (κ3) is 2.84. The van der Waals surface area contributed by atoms with Crippen LogP contribution in [-0.4, -0.2) is 30.4 Å². The van der Waals surface area contributed by atoms with E-state index in [1.807, 2.05) is 19.9 Å². The molecule has 116 valence electrons. The van der Waals surface area contributed by atoms with E-state index in [0.29, 0.717) is 11.5 Å². The van der Waals surface area contributed by atoms with Crippen molar-refractivity contribution in [1.29, 1.82) is 0 Å². The monoisotopic (exact) mass is 312 g/mol. The van der Waals surface area contributed by atoms with Gasteiger partial charge in [0, 0.05) is 29.2 Å². The van der Waals surface area contributed by atoms with Gasteiger partial charge in [0.1, 0.15) is 0 Å². The summed E-state index contributed by atoms with van der Waals surface area (Å²) in [5, 5.41) is 17.4. The average molecular weight is 312 g/mol. The number of nitrogens with one attached hydrogen (secondary N) is 1. The van der Waals surface area contributed by atoms with Crippen LogP contribution in [0.15, 0.2) is 30.3 Å². The van der Waals surface area contributed by atoms with Gasteiger partial charge in [-0.15, -0.1) is 5.10 Å². The van der Waals surface area contributed by atoms with Gasteiger partial charge in [-0.2, -0.15) is 4.98 Å². The second-order valence-corrected chi connectivity index (χ2v) is 4.95. The lowest BCUT2D eigenvalue weighted by Gasteiger charge is -2.01. The molecule has 0 aliphatic carbocycles. The standard InChI is InChI=1S/C14H12N6O3/c1-8-6-9(2)19-14(15-8)17-12(18-19)13(21)16-10-4-3-5-11(7-10)20(22)23/h3-7H,1-2H3,(H,16,21). The minimum Gasteiger partial charge on any atom is -0.319 e. The molecule has 23 heavy (non-hydrogen) atoms. The van der Waals surface area contributed by atoms with Crippen LogP contribution >= 0.6 is 0 Å². The second-order valence-electron chi connectivity index (χ2n) is 4.95. The smallest absolute Gasteiger partial charge is 0.295 e. The molecular weight excluding hydrogens is 300 g/mol. The second kappa shape index (κ2) is 5.44. The molecule has 0 bridgehead atoms. The summed E-state index contributed by atoms with van der Waals surface area (Å²) < 4.78 is 1.47. The summed E-state index contributed by atoms with van der Waals surface area (Å²) in [5.41, 5.74) is 1.75. The Morgan fingerprint density at radius 2 is 2.04 bits per heavy atom. The van der Waals surface area contributed by atoms with Crippen LogP contribution < -0.4 is 5.32 Å². The van der Waals surface area contributed by atoms with Crippen molar-refractivity contribution in [3.63, 3.8) is 0 Å². The van der Waals surface area contributed by atoms with Crippen molar-refractivity contribution in [3.05, 3.63) is 57.7 Å². The van der Waals surface area contributed by atoms with Crippen LogP contribution in [0, 0.1) is 24.0 Å². The maximum absolute atomic E-state index is 12.2. The third-order valence-electron chi connectivity index (χ3n) is 3.14. The number of anilines is 1. The molecule has 2 heterocycles. The van der Waals surface area contributed by atoms with Crippen LogP contribution in [0.1, 0.15) is 22.0 Å². The molecule has 9 heteroatoms. The molecule has 0 atom stereocenters. The molecule has 0 fully saturated rings. The van der Waals surface area contributed by atoms with Gasteiger partial charge < -0.3 is 5.32 Å². The molecule has 0 aliphatic heterocycles. The van der Waals surface area contributed by atoms with Crippen LogP contribution in [-0.2, 0) is 0 Å². The first-order valence-electron chi connectivity index (χ1n) is 6.71. The molecule has 0 radical (unpaired) electrons. The number of benzene rings is 1. The number of hydrogen-bond donors (Lipinski definition) is 1. The van der Waals surface area contributed by atoms with E-state index < -0.39 is 10.8 Å². The number of nitro groups is 1. The first kappa shape index (κ1) is 14.6. The number of amides is 1. The van der Waals surface area contributed by atoms with Crippen LogP contribution in [0.4, 0.5) is 11.4 Å². The number of carbonyl (C=O) groups is 1. The molecule has 0 aliphatic rings. The number of hydrogen-bond acceptors (Lipinski definition) is 6. The summed E-state index contributed by atoms with van der Waals surface area (Å²) in [5.74, 6) is -0.294. The fraction of sp³-hybridized carbons (Fsp3) is 0.143. The Hall–Kier alpha value is -3.36. The molecule has 1 amide bonds. The van der Waals surface area contributed by atoms with Crippen LogP contribution in [0.2, 0.25) is 0 Å². The van der Waals surface area contributed by atoms with Crippen molar-refractivity contribution in [3.8, 4) is 0 Å². The first-order valence-corrected chi connectivity index (χ1v) is 6.71. The average Bonchev–Trinajstić information content (AvgIpc) is 2.92. The van der Waals surface area contributed by atoms with Gasteiger partial charge in [-0.05, 0) is 26.0 Å². The normalized spacial score (nSPS) is 10.7. The number of carbonyl (C=O) groups excluding carboxylic acids is 1. The number of nitrogens with zero attached hydrogens (tertiary/aromatic N) is 5. The zero-order valence-corrected chi connectivity index (χ0v) is 12.3. The van der Waals surface area contributed by atoms with E-state index in [2.05, 4.69) is 20.4 Å². The number of aryl methyl sites for hydroxylation is 2. The van der Waals surface area contributed by atoms with Crippen molar-refractivity contribution in [1.82, 2.24) is 19.6 Å². The first-order chi connectivity index (χ1) is 10.9. The lowest BCUT2D eigenvalue weighted by atomic mass is 10.3. The maximum Gasteiger partial charge on any atom is 0.295 e. The summed E-state index contributed by atoms with van der Waals surface area (Å²) in [6.07, 6.45) is 0. The Bertz CT molecular complexity index is 933. The van der Waals surface area contributed by atoms with Crippen molar-refractivity contribution in [2.24, 2.45) is 0 Å². The lowest BCUT2D eigenvalue weighted by molar-refractivity contribution is -0.384. The minimum absolute atomic E-state index is 0.0577. The molecule has 9 nitrogen and oxygen atoms in total. The van der Waals surface area contributed by atoms with Gasteiger partial charge >= 0.3 is 0 Å². The van der Waals surface area contributed by atoms with E-state index in [1.165, 1.54) is 22.7 Å². The Morgan fingerprint density at radius 3 is 2.78 bits per heavy atom. The highest BCUT2D eigenvalue weighted by Gasteiger charge is 2.16. The van der Waals surface area contributed by atoms with Gasteiger partial charge in [-0.1, -0.05) is 6.07 Å². The molecule has 3 rings (SSSR count). The number of aromatic nitrogens is 4. The van der Waals surface area contributed by atoms with E-state index in [1.54, 1.807) is 6.07 Å². The van der Waals surface area contributed by atoms with E-state index in [0.717, 1.165) is 11.4 Å². The Labute approximate surface area is 130 Å². The van der Waals surface area contributed by atoms with Gasteiger partial charge in [-0.25, -0.2) is 9.50 Å². The summed E-state index contributed by atoms with van der Waals surface area (Å²) in [7, 11) is 0. The van der Waals surface area contributed by atoms with Crippen LogP contribution in [0.3, 0.4) is 0 Å². The Balaban J connectivity index is 1.90. The van der Waals surface area contributed by atoms with Crippen molar-refractivity contribution >= 4 is 23.1 Å². The third-order valence-corrected chi connectivity index (χ3v) is 3.14. The molecule has 1 aromatic carbocycles. The molecule has 3 aromatic rings. The molecule has 0 unspecified atom stereocenters. The van der Waals surface area contributed by atoms with Gasteiger partial charge in [0.25, 0.3) is 17.4 Å². The minimum atomic E-state index is -0.562. The summed E-state index contributed by atoms with van der Waals surface area (Å²) in [6.45, 7) is 3.66. The van der Waals surface area contributed by atoms with E-state index in [-0.39, 0.29) is 11.5 Å². The number of rotatable bonds is 3. The fourth-order valence-electron chi connectivity index (χ4n) is 2.15. The van der Waals surface area contributed by atoms with Crippen molar-refractivity contribution in [2.45, 2.75) is 13.8 Å². The molecule has 1 N–H and O–H groups in total. The molecule has 2 aromatic heterocycles. The fourth-order valence-corrected chi connectivity index (χ4v) is 2.15. The van der Waals surface area contributed by atoms with Crippen molar-refractivity contribution < 1.29 is 9.72 Å². The van der Waals surface area contributed by atoms with E-state index in [4.69, 9.17) is 0 Å². The largest absolute Gasteiger partial charge is 0.319 e. The highest BCUT2D eigenvalue weighted by atomic mass is 16.6. The predicted molar refractivity (Wildman–Crippen MR) is 81.3 cm³/mol. The van der Waals surface area contributed by atoms with E-state index in [9.17, 15) is 14.9 Å². The zero-order valence-electron chi connectivity index (χ0n) is 12.3. The quantitative estimate of drug-likeness (QED) is 0.583. The Morgan fingerprint density at radius 1 is 1.26 bits per heavy atom. The SMILES string of the molecule is Cc1cc(C)n2nc(C(=O)Nc3cccc([N+](=O)[O-])c3)nc2n1. The molecular formula is C14H12N6O3. The lowest BCUT2D eigenvalue weighted by Crippen LogP contribution is -2.14. The Kier molecular flexibility index (Phi) is 3.45. The van der Waals surface area contributed by atoms with Crippen LogP contribution in [0.5, 0.6) is 0 Å². The highest BCUT2D eigenvalue weighted by Crippen LogP contribution is 2.17. The van der Waals surface area contributed by atoms with Gasteiger partial charge in [0.05, 0.1) is 4.92 Å². The number of non-ortho nitro benzene ring substituents is 1. The van der Waals surface area contributed by atoms with Gasteiger partial charge in [-0.3, -0.25) is 14.9 Å². The van der Waals surface area contributed by atoms with E-state index >= 15 is 0 Å². The number of nitro benzene ring substituents is 1. The summed E-state index contributed by atoms with van der Waals surface area (Å²) >= 11 is 0. The molecule has 0 saturated heterocycles. The summed E-state index contributed by atoms with van der Waals surface area (Å²) in [6, 6.07) is 7.47. The summed E-state index contributed by atoms with van der Waals surface area (Å²) in [4.78, 5) is 30.7.